The topological polar surface area (TPSA) is 84.6 Å². The molecule has 110 valence electrons. The summed E-state index contributed by atoms with van der Waals surface area (Å²) in [6.07, 6.45) is 0. The van der Waals surface area contributed by atoms with Crippen molar-refractivity contribution >= 4 is 11.6 Å². The molecule has 1 amide bonds. The smallest absolute Gasteiger partial charge is 0.259 e. The van der Waals surface area contributed by atoms with Crippen LogP contribution in [0.25, 0.3) is 0 Å². The van der Waals surface area contributed by atoms with Gasteiger partial charge in [-0.2, -0.15) is 0 Å². The molecule has 0 fully saturated rings. The van der Waals surface area contributed by atoms with Crippen molar-refractivity contribution < 1.29 is 14.6 Å². The van der Waals surface area contributed by atoms with E-state index in [1.54, 1.807) is 18.2 Å². The number of rotatable bonds is 4. The second-order valence-electron chi connectivity index (χ2n) is 4.75. The fourth-order valence-corrected chi connectivity index (χ4v) is 1.90. The minimum atomic E-state index is -0.385. The summed E-state index contributed by atoms with van der Waals surface area (Å²) in [7, 11) is 1.49. The standard InChI is InChI=1S/C16H18N2O3/c1-10(17)11-3-5-12(6-4-11)18-16(20)14-8-7-13(21-2)9-15(14)19/h3-10,19H,17H2,1-2H3,(H,18,20). The molecular formula is C16H18N2O3. The van der Waals surface area contributed by atoms with E-state index in [0.29, 0.717) is 11.4 Å². The molecular weight excluding hydrogens is 268 g/mol. The van der Waals surface area contributed by atoms with E-state index in [-0.39, 0.29) is 23.3 Å². The van der Waals surface area contributed by atoms with E-state index in [9.17, 15) is 9.90 Å². The molecule has 5 nitrogen and oxygen atoms in total. The van der Waals surface area contributed by atoms with Crippen molar-refractivity contribution in [1.29, 1.82) is 0 Å². The van der Waals surface area contributed by atoms with Gasteiger partial charge in [-0.3, -0.25) is 4.79 Å². The van der Waals surface area contributed by atoms with Gasteiger partial charge in [-0.1, -0.05) is 12.1 Å². The molecule has 0 aliphatic carbocycles. The molecule has 0 heterocycles. The largest absolute Gasteiger partial charge is 0.507 e. The van der Waals surface area contributed by atoms with Crippen LogP contribution in [0.2, 0.25) is 0 Å². The van der Waals surface area contributed by atoms with Gasteiger partial charge in [-0.25, -0.2) is 0 Å². The van der Waals surface area contributed by atoms with Crippen LogP contribution in [0.1, 0.15) is 28.9 Å². The number of nitrogens with two attached hydrogens (primary N) is 1. The summed E-state index contributed by atoms with van der Waals surface area (Å²) in [6.45, 7) is 1.89. The Bertz CT molecular complexity index is 636. The number of anilines is 1. The summed E-state index contributed by atoms with van der Waals surface area (Å²) in [5.74, 6) is -0.0203. The Morgan fingerprint density at radius 2 is 1.90 bits per heavy atom. The number of nitrogens with one attached hydrogen (secondary N) is 1. The molecule has 4 N–H and O–H groups in total. The zero-order valence-corrected chi connectivity index (χ0v) is 12.0. The zero-order chi connectivity index (χ0) is 15.4. The van der Waals surface area contributed by atoms with Crippen molar-refractivity contribution in [3.05, 3.63) is 53.6 Å². The fourth-order valence-electron chi connectivity index (χ4n) is 1.90. The van der Waals surface area contributed by atoms with Crippen molar-refractivity contribution in [2.24, 2.45) is 5.73 Å². The molecule has 0 saturated heterocycles. The number of phenolic OH excluding ortho intramolecular Hbond substituents is 1. The minimum absolute atomic E-state index is 0.0552. The van der Waals surface area contributed by atoms with Crippen LogP contribution in [0.4, 0.5) is 5.69 Å². The third-order valence-electron chi connectivity index (χ3n) is 3.14. The van der Waals surface area contributed by atoms with E-state index in [4.69, 9.17) is 10.5 Å². The first-order valence-electron chi connectivity index (χ1n) is 6.55. The number of carbonyl (C=O) groups is 1. The first-order valence-corrected chi connectivity index (χ1v) is 6.55. The summed E-state index contributed by atoms with van der Waals surface area (Å²) < 4.78 is 4.98. The molecule has 1 unspecified atom stereocenters. The molecule has 0 aromatic heterocycles. The van der Waals surface area contributed by atoms with Gasteiger partial charge >= 0.3 is 0 Å². The van der Waals surface area contributed by atoms with Crippen LogP contribution in [0.15, 0.2) is 42.5 Å². The van der Waals surface area contributed by atoms with Crippen LogP contribution in [0, 0.1) is 0 Å². The maximum absolute atomic E-state index is 12.1. The van der Waals surface area contributed by atoms with Gasteiger partial charge in [0.1, 0.15) is 11.5 Å². The van der Waals surface area contributed by atoms with Gasteiger partial charge in [-0.15, -0.1) is 0 Å². The van der Waals surface area contributed by atoms with E-state index in [1.807, 2.05) is 19.1 Å². The van der Waals surface area contributed by atoms with Gasteiger partial charge in [0.2, 0.25) is 0 Å². The molecule has 1 atom stereocenters. The Kier molecular flexibility index (Phi) is 4.45. The average Bonchev–Trinajstić information content (AvgIpc) is 2.47. The first-order chi connectivity index (χ1) is 10.0. The zero-order valence-electron chi connectivity index (χ0n) is 12.0. The van der Waals surface area contributed by atoms with Crippen LogP contribution in [0.3, 0.4) is 0 Å². The average molecular weight is 286 g/mol. The lowest BCUT2D eigenvalue weighted by molar-refractivity contribution is 0.102. The van der Waals surface area contributed by atoms with Gasteiger partial charge in [-0.05, 0) is 36.8 Å². The number of methoxy groups -OCH3 is 1. The van der Waals surface area contributed by atoms with E-state index in [1.165, 1.54) is 19.2 Å². The van der Waals surface area contributed by atoms with E-state index >= 15 is 0 Å². The molecule has 0 aliphatic heterocycles. The number of hydrogen-bond acceptors (Lipinski definition) is 4. The summed E-state index contributed by atoms with van der Waals surface area (Å²) in [5.41, 5.74) is 7.58. The van der Waals surface area contributed by atoms with Gasteiger partial charge in [0, 0.05) is 17.8 Å². The molecule has 21 heavy (non-hydrogen) atoms. The lowest BCUT2D eigenvalue weighted by Gasteiger charge is -2.10. The first kappa shape index (κ1) is 14.9. The van der Waals surface area contributed by atoms with Crippen LogP contribution in [-0.4, -0.2) is 18.1 Å². The number of carbonyl (C=O) groups excluding carboxylic acids is 1. The highest BCUT2D eigenvalue weighted by Crippen LogP contribution is 2.24. The predicted octanol–water partition coefficient (Wildman–Crippen LogP) is 2.67. The van der Waals surface area contributed by atoms with Gasteiger partial charge in [0.05, 0.1) is 12.7 Å². The fraction of sp³-hybridized carbons (Fsp3) is 0.188. The van der Waals surface area contributed by atoms with E-state index in [2.05, 4.69) is 5.32 Å². The molecule has 0 saturated carbocycles. The lowest BCUT2D eigenvalue weighted by atomic mass is 10.1. The van der Waals surface area contributed by atoms with Crippen molar-refractivity contribution in [3.8, 4) is 11.5 Å². The molecule has 2 rings (SSSR count). The molecule has 0 radical (unpaired) electrons. The lowest BCUT2D eigenvalue weighted by Crippen LogP contribution is -2.12. The van der Waals surface area contributed by atoms with Crippen molar-refractivity contribution in [2.45, 2.75) is 13.0 Å². The molecule has 2 aromatic carbocycles. The number of amides is 1. The van der Waals surface area contributed by atoms with Gasteiger partial charge in [0.15, 0.2) is 0 Å². The summed E-state index contributed by atoms with van der Waals surface area (Å²) in [6, 6.07) is 11.7. The quantitative estimate of drug-likeness (QED) is 0.806. The van der Waals surface area contributed by atoms with Crippen LogP contribution in [-0.2, 0) is 0 Å². The van der Waals surface area contributed by atoms with Crippen LogP contribution < -0.4 is 15.8 Å². The highest BCUT2D eigenvalue weighted by atomic mass is 16.5. The molecule has 0 bridgehead atoms. The normalized spacial score (nSPS) is 11.8. The van der Waals surface area contributed by atoms with Crippen molar-refractivity contribution in [3.63, 3.8) is 0 Å². The van der Waals surface area contributed by atoms with Crippen molar-refractivity contribution in [2.75, 3.05) is 12.4 Å². The number of aromatic hydroxyl groups is 1. The maximum Gasteiger partial charge on any atom is 0.259 e. The summed E-state index contributed by atoms with van der Waals surface area (Å²) in [5, 5.41) is 12.6. The Hall–Kier alpha value is -2.53. The number of ether oxygens (including phenoxy) is 1. The monoisotopic (exact) mass is 286 g/mol. The van der Waals surface area contributed by atoms with Crippen LogP contribution in [0.5, 0.6) is 11.5 Å². The van der Waals surface area contributed by atoms with Crippen molar-refractivity contribution in [1.82, 2.24) is 0 Å². The maximum atomic E-state index is 12.1. The third kappa shape index (κ3) is 3.52. The number of hydrogen-bond donors (Lipinski definition) is 3. The Morgan fingerprint density at radius 1 is 1.24 bits per heavy atom. The van der Waals surface area contributed by atoms with E-state index in [0.717, 1.165) is 5.56 Å². The van der Waals surface area contributed by atoms with Crippen LogP contribution >= 0.6 is 0 Å². The third-order valence-corrected chi connectivity index (χ3v) is 3.14. The predicted molar refractivity (Wildman–Crippen MR) is 81.7 cm³/mol. The second kappa shape index (κ2) is 6.28. The number of phenols is 1. The number of benzene rings is 2. The van der Waals surface area contributed by atoms with E-state index < -0.39 is 0 Å². The highest BCUT2D eigenvalue weighted by Gasteiger charge is 2.12. The molecule has 5 heteroatoms. The second-order valence-corrected chi connectivity index (χ2v) is 4.75. The summed E-state index contributed by atoms with van der Waals surface area (Å²) in [4.78, 5) is 12.1. The Morgan fingerprint density at radius 3 is 2.43 bits per heavy atom. The Labute approximate surface area is 123 Å². The Balaban J connectivity index is 2.14. The van der Waals surface area contributed by atoms with Gasteiger partial charge < -0.3 is 20.9 Å². The summed E-state index contributed by atoms with van der Waals surface area (Å²) >= 11 is 0. The molecule has 2 aromatic rings. The minimum Gasteiger partial charge on any atom is -0.507 e. The van der Waals surface area contributed by atoms with Gasteiger partial charge in [0.25, 0.3) is 5.91 Å². The molecule has 0 spiro atoms. The molecule has 0 aliphatic rings. The SMILES string of the molecule is COc1ccc(C(=O)Nc2ccc(C(C)N)cc2)c(O)c1. The highest BCUT2D eigenvalue weighted by molar-refractivity contribution is 6.06.